The molecule has 2 heterocycles. The molecule has 0 amide bonds. The maximum atomic E-state index is 6.26. The summed E-state index contributed by atoms with van der Waals surface area (Å²) in [5, 5.41) is 2.15. The number of hydrogen-bond acceptors (Lipinski definition) is 3. The fourth-order valence-corrected chi connectivity index (χ4v) is 10.5. The summed E-state index contributed by atoms with van der Waals surface area (Å²) in [4.78, 5) is 11.0. The lowest BCUT2D eigenvalue weighted by Gasteiger charge is -2.35. The second-order valence-electron chi connectivity index (χ2n) is 16.4. The Kier molecular flexibility index (Phi) is 7.52. The molecule has 0 saturated heterocycles. The summed E-state index contributed by atoms with van der Waals surface area (Å²) in [6.45, 7) is 0. The smallest absolute Gasteiger partial charge is 0.160 e. The SMILES string of the molecule is c1ccc(-c2ccccc2-c2cc(-c3ccc4oc5ccccc5c4c3)nc(-c3ccc4c(c3)C3(c5ccccc5-c5ccccc5-c5ccccc53)c3ccccc3-4)n2)cc1. The van der Waals surface area contributed by atoms with E-state index in [-0.39, 0.29) is 0 Å². The van der Waals surface area contributed by atoms with Crippen LogP contribution in [0, 0.1) is 0 Å². The van der Waals surface area contributed by atoms with E-state index < -0.39 is 5.41 Å². The van der Waals surface area contributed by atoms with E-state index in [4.69, 9.17) is 14.4 Å². The van der Waals surface area contributed by atoms with E-state index in [1.54, 1.807) is 0 Å². The van der Waals surface area contributed by atoms with E-state index in [1.165, 1.54) is 55.6 Å². The highest BCUT2D eigenvalue weighted by Crippen LogP contribution is 2.61. The van der Waals surface area contributed by atoms with Crippen LogP contribution in [0.5, 0.6) is 0 Å². The van der Waals surface area contributed by atoms with Gasteiger partial charge >= 0.3 is 0 Å². The van der Waals surface area contributed by atoms with E-state index in [1.807, 2.05) is 12.1 Å². The molecule has 11 aromatic rings. The maximum absolute atomic E-state index is 6.26. The first kappa shape index (κ1) is 34.7. The van der Waals surface area contributed by atoms with Crippen LogP contribution in [-0.4, -0.2) is 9.97 Å². The molecule has 0 fully saturated rings. The van der Waals surface area contributed by atoms with Gasteiger partial charge in [-0.2, -0.15) is 0 Å². The Hall–Kier alpha value is -8.14. The molecular formula is C59H36N2O. The van der Waals surface area contributed by atoms with Gasteiger partial charge in [0.1, 0.15) is 11.2 Å². The molecule has 3 heteroatoms. The lowest BCUT2D eigenvalue weighted by molar-refractivity contribution is 0.669. The van der Waals surface area contributed by atoms with Gasteiger partial charge in [0.25, 0.3) is 0 Å². The zero-order valence-electron chi connectivity index (χ0n) is 33.6. The van der Waals surface area contributed by atoms with Crippen molar-refractivity contribution in [3.63, 3.8) is 0 Å². The van der Waals surface area contributed by atoms with Gasteiger partial charge in [0.05, 0.1) is 16.8 Å². The van der Waals surface area contributed by atoms with Crippen molar-refractivity contribution < 1.29 is 4.42 Å². The van der Waals surface area contributed by atoms with Crippen LogP contribution in [0.1, 0.15) is 22.3 Å². The van der Waals surface area contributed by atoms with Crippen LogP contribution in [-0.2, 0) is 5.41 Å². The Balaban J connectivity index is 1.09. The highest BCUT2D eigenvalue weighted by Gasteiger charge is 2.49. The first-order chi connectivity index (χ1) is 30.7. The summed E-state index contributed by atoms with van der Waals surface area (Å²) in [5.41, 5.74) is 20.6. The van der Waals surface area contributed by atoms with Crippen LogP contribution in [0.15, 0.2) is 223 Å². The monoisotopic (exact) mass is 788 g/mol. The molecule has 3 nitrogen and oxygen atoms in total. The number of rotatable bonds is 4. The van der Waals surface area contributed by atoms with Crippen molar-refractivity contribution in [2.24, 2.45) is 0 Å². The van der Waals surface area contributed by atoms with Gasteiger partial charge in [0.2, 0.25) is 0 Å². The van der Waals surface area contributed by atoms with Crippen LogP contribution in [0.2, 0.25) is 0 Å². The number of nitrogens with zero attached hydrogens (tertiary/aromatic N) is 2. The molecule has 0 saturated carbocycles. The largest absolute Gasteiger partial charge is 0.456 e. The molecule has 0 atom stereocenters. The van der Waals surface area contributed by atoms with Crippen molar-refractivity contribution >= 4 is 21.9 Å². The summed E-state index contributed by atoms with van der Waals surface area (Å²) in [5.74, 6) is 0.671. The van der Waals surface area contributed by atoms with Gasteiger partial charge in [-0.05, 0) is 103 Å². The number of fused-ring (bicyclic) bond motifs is 15. The number of hydrogen-bond donors (Lipinski definition) is 0. The van der Waals surface area contributed by atoms with Crippen molar-refractivity contribution in [2.75, 3.05) is 0 Å². The second-order valence-corrected chi connectivity index (χ2v) is 16.4. The molecule has 13 rings (SSSR count). The minimum atomic E-state index is -0.609. The van der Waals surface area contributed by atoms with E-state index in [0.717, 1.165) is 61.1 Å². The molecule has 0 unspecified atom stereocenters. The topological polar surface area (TPSA) is 38.9 Å². The average molecular weight is 789 g/mol. The number of benzene rings is 9. The molecule has 288 valence electrons. The minimum absolute atomic E-state index is 0.609. The van der Waals surface area contributed by atoms with Crippen molar-refractivity contribution in [3.8, 4) is 78.4 Å². The Morgan fingerprint density at radius 2 is 0.790 bits per heavy atom. The van der Waals surface area contributed by atoms with Crippen molar-refractivity contribution in [1.82, 2.24) is 9.97 Å². The summed E-state index contributed by atoms with van der Waals surface area (Å²) in [6, 6.07) is 78.7. The average Bonchev–Trinajstić information content (AvgIpc) is 3.83. The van der Waals surface area contributed by atoms with Gasteiger partial charge in [-0.3, -0.25) is 0 Å². The van der Waals surface area contributed by atoms with Gasteiger partial charge in [0.15, 0.2) is 5.82 Å². The summed E-state index contributed by atoms with van der Waals surface area (Å²) in [6.07, 6.45) is 0. The first-order valence-electron chi connectivity index (χ1n) is 21.2. The molecule has 2 aliphatic rings. The predicted octanol–water partition coefficient (Wildman–Crippen LogP) is 15.1. The maximum Gasteiger partial charge on any atom is 0.160 e. The molecule has 1 spiro atoms. The van der Waals surface area contributed by atoms with E-state index in [0.29, 0.717) is 5.82 Å². The van der Waals surface area contributed by atoms with Gasteiger partial charge in [-0.15, -0.1) is 0 Å². The van der Waals surface area contributed by atoms with Crippen LogP contribution in [0.25, 0.3) is 100 Å². The molecular weight excluding hydrogens is 753 g/mol. The number of para-hydroxylation sites is 1. The fourth-order valence-electron chi connectivity index (χ4n) is 10.5. The Labute approximate surface area is 359 Å². The molecule has 2 aliphatic carbocycles. The molecule has 62 heavy (non-hydrogen) atoms. The van der Waals surface area contributed by atoms with Crippen LogP contribution in [0.4, 0.5) is 0 Å². The highest BCUT2D eigenvalue weighted by molar-refractivity contribution is 6.06. The van der Waals surface area contributed by atoms with E-state index in [2.05, 4.69) is 206 Å². The van der Waals surface area contributed by atoms with Crippen molar-refractivity contribution in [3.05, 3.63) is 241 Å². The summed E-state index contributed by atoms with van der Waals surface area (Å²) >= 11 is 0. The normalized spacial score (nSPS) is 13.0. The van der Waals surface area contributed by atoms with Gasteiger partial charge in [-0.1, -0.05) is 182 Å². The van der Waals surface area contributed by atoms with Gasteiger partial charge in [0, 0.05) is 27.5 Å². The molecule has 0 N–H and O–H groups in total. The van der Waals surface area contributed by atoms with E-state index in [9.17, 15) is 0 Å². The standard InChI is InChI=1S/C59H36N2O/c1-2-16-37(17-3-1)40-18-4-7-24-47(40)55-36-54(38-31-33-57-49(34-38)48-25-11-15-29-56(48)62-57)60-58(61-55)39-30-32-46-45-23-10-14-28-52(45)59(53(46)35-39)50-26-12-8-21-43(50)41-19-5-6-20-42(41)44-22-9-13-27-51(44)59/h1-36H. The highest BCUT2D eigenvalue weighted by atomic mass is 16.3. The molecule has 0 bridgehead atoms. The Bertz CT molecular complexity index is 3530. The van der Waals surface area contributed by atoms with Gasteiger partial charge < -0.3 is 4.42 Å². The van der Waals surface area contributed by atoms with Gasteiger partial charge in [-0.25, -0.2) is 9.97 Å². The molecule has 0 aliphatic heterocycles. The molecule has 0 radical (unpaired) electrons. The molecule has 2 aromatic heterocycles. The Morgan fingerprint density at radius 3 is 1.48 bits per heavy atom. The Morgan fingerprint density at radius 1 is 0.290 bits per heavy atom. The second kappa shape index (κ2) is 13.4. The van der Waals surface area contributed by atoms with E-state index >= 15 is 0 Å². The zero-order chi connectivity index (χ0) is 40.8. The van der Waals surface area contributed by atoms with Crippen molar-refractivity contribution in [1.29, 1.82) is 0 Å². The third-order valence-corrected chi connectivity index (χ3v) is 13.2. The summed E-state index contributed by atoms with van der Waals surface area (Å²) < 4.78 is 6.26. The quantitative estimate of drug-likeness (QED) is 0.178. The van der Waals surface area contributed by atoms with Crippen molar-refractivity contribution in [2.45, 2.75) is 5.41 Å². The predicted molar refractivity (Wildman–Crippen MR) is 253 cm³/mol. The number of furan rings is 1. The minimum Gasteiger partial charge on any atom is -0.456 e. The van der Waals surface area contributed by atoms with Crippen LogP contribution in [0.3, 0.4) is 0 Å². The third-order valence-electron chi connectivity index (χ3n) is 13.2. The first-order valence-corrected chi connectivity index (χ1v) is 21.2. The lowest BCUT2D eigenvalue weighted by Crippen LogP contribution is -2.29. The molecule has 9 aromatic carbocycles. The zero-order valence-corrected chi connectivity index (χ0v) is 33.6. The van der Waals surface area contributed by atoms with Crippen LogP contribution < -0.4 is 0 Å². The lowest BCUT2D eigenvalue weighted by atomic mass is 9.66. The van der Waals surface area contributed by atoms with Crippen LogP contribution >= 0.6 is 0 Å². The fraction of sp³-hybridized carbons (Fsp3) is 0.0169. The third kappa shape index (κ3) is 5.00. The number of aromatic nitrogens is 2. The summed E-state index contributed by atoms with van der Waals surface area (Å²) in [7, 11) is 0.